The summed E-state index contributed by atoms with van der Waals surface area (Å²) in [6.07, 6.45) is 1.28. The number of aromatic nitrogens is 1. The first-order chi connectivity index (χ1) is 22.7. The molecule has 0 aliphatic heterocycles. The van der Waals surface area contributed by atoms with E-state index in [1.807, 2.05) is 18.2 Å². The maximum absolute atomic E-state index is 14.1. The van der Waals surface area contributed by atoms with Crippen molar-refractivity contribution in [2.45, 2.75) is 0 Å². The van der Waals surface area contributed by atoms with Gasteiger partial charge in [-0.3, -0.25) is 4.90 Å². The molecular formula is C43H29FN2. The van der Waals surface area contributed by atoms with Crippen LogP contribution in [-0.4, -0.2) is 4.98 Å². The van der Waals surface area contributed by atoms with E-state index in [9.17, 15) is 4.39 Å². The lowest BCUT2D eigenvalue weighted by Gasteiger charge is -2.28. The molecule has 1 heterocycles. The molecule has 0 amide bonds. The van der Waals surface area contributed by atoms with Gasteiger partial charge >= 0.3 is 0 Å². The summed E-state index contributed by atoms with van der Waals surface area (Å²) in [4.78, 5) is 6.71. The molecule has 218 valence electrons. The number of benzene rings is 7. The standard InChI is InChI=1S/C43H29FN2/c44-35-24-25-41(45-29-35)46(36-18-8-3-9-19-36)43-39-22-12-10-20-37(39)42(38-21-11-13-23-40(38)43)34-27-32(30-14-4-1-5-15-30)26-33(28-34)31-16-6-2-7-17-31/h1-29H. The normalized spacial score (nSPS) is 11.2. The predicted molar refractivity (Wildman–Crippen MR) is 190 cm³/mol. The molecular weight excluding hydrogens is 563 g/mol. The summed E-state index contributed by atoms with van der Waals surface area (Å²) < 4.78 is 14.1. The summed E-state index contributed by atoms with van der Waals surface area (Å²) >= 11 is 0. The second kappa shape index (κ2) is 11.8. The van der Waals surface area contributed by atoms with Crippen LogP contribution in [0.15, 0.2) is 176 Å². The van der Waals surface area contributed by atoms with Gasteiger partial charge in [-0.25, -0.2) is 9.37 Å². The highest BCUT2D eigenvalue weighted by molar-refractivity contribution is 6.22. The third kappa shape index (κ3) is 4.98. The third-order valence-electron chi connectivity index (χ3n) is 8.52. The molecule has 0 radical (unpaired) electrons. The van der Waals surface area contributed by atoms with Gasteiger partial charge in [-0.05, 0) is 86.6 Å². The summed E-state index contributed by atoms with van der Waals surface area (Å²) in [7, 11) is 0. The van der Waals surface area contributed by atoms with Crippen molar-refractivity contribution in [2.75, 3.05) is 4.90 Å². The van der Waals surface area contributed by atoms with Crippen LogP contribution in [0.2, 0.25) is 0 Å². The summed E-state index contributed by atoms with van der Waals surface area (Å²) in [5.41, 5.74) is 8.93. The number of halogens is 1. The quantitative estimate of drug-likeness (QED) is 0.179. The van der Waals surface area contributed by atoms with Crippen LogP contribution in [0.4, 0.5) is 21.6 Å². The number of anilines is 3. The molecule has 7 aromatic carbocycles. The monoisotopic (exact) mass is 592 g/mol. The minimum atomic E-state index is -0.366. The largest absolute Gasteiger partial charge is 0.294 e. The molecule has 0 fully saturated rings. The Morgan fingerprint density at radius 3 is 1.37 bits per heavy atom. The van der Waals surface area contributed by atoms with E-state index in [4.69, 9.17) is 0 Å². The van der Waals surface area contributed by atoms with E-state index in [0.717, 1.165) is 49.6 Å². The zero-order chi connectivity index (χ0) is 30.9. The lowest BCUT2D eigenvalue weighted by atomic mass is 9.87. The number of hydrogen-bond donors (Lipinski definition) is 0. The van der Waals surface area contributed by atoms with Gasteiger partial charge in [0.15, 0.2) is 0 Å². The minimum Gasteiger partial charge on any atom is -0.294 e. The van der Waals surface area contributed by atoms with Crippen molar-refractivity contribution in [3.63, 3.8) is 0 Å². The molecule has 8 rings (SSSR count). The number of nitrogens with zero attached hydrogens (tertiary/aromatic N) is 2. The summed E-state index contributed by atoms with van der Waals surface area (Å²) in [6, 6.07) is 58.6. The van der Waals surface area contributed by atoms with Crippen molar-refractivity contribution in [3.8, 4) is 33.4 Å². The molecule has 0 spiro atoms. The average molecular weight is 593 g/mol. The maximum atomic E-state index is 14.1. The maximum Gasteiger partial charge on any atom is 0.141 e. The van der Waals surface area contributed by atoms with Crippen LogP contribution in [0.1, 0.15) is 0 Å². The molecule has 8 aromatic rings. The summed E-state index contributed by atoms with van der Waals surface area (Å²) in [5, 5.41) is 4.42. The molecule has 3 heteroatoms. The fraction of sp³-hybridized carbons (Fsp3) is 0. The first kappa shape index (κ1) is 27.5. The molecule has 0 atom stereocenters. The first-order valence-corrected chi connectivity index (χ1v) is 15.4. The Morgan fingerprint density at radius 2 is 0.870 bits per heavy atom. The van der Waals surface area contributed by atoms with Crippen LogP contribution >= 0.6 is 0 Å². The van der Waals surface area contributed by atoms with E-state index in [0.29, 0.717) is 5.82 Å². The van der Waals surface area contributed by atoms with E-state index in [-0.39, 0.29) is 5.82 Å². The van der Waals surface area contributed by atoms with Gasteiger partial charge in [0, 0.05) is 16.5 Å². The van der Waals surface area contributed by atoms with Crippen LogP contribution in [-0.2, 0) is 0 Å². The lowest BCUT2D eigenvalue weighted by molar-refractivity contribution is 0.621. The highest BCUT2D eigenvalue weighted by atomic mass is 19.1. The van der Waals surface area contributed by atoms with E-state index in [1.165, 1.54) is 29.0 Å². The number of rotatable bonds is 6. The Labute approximate surface area is 267 Å². The van der Waals surface area contributed by atoms with Crippen molar-refractivity contribution in [1.82, 2.24) is 4.98 Å². The summed E-state index contributed by atoms with van der Waals surface area (Å²) in [6.45, 7) is 0. The molecule has 0 N–H and O–H groups in total. The SMILES string of the molecule is Fc1ccc(N(c2ccccc2)c2c3ccccc3c(-c3cc(-c4ccccc4)cc(-c4ccccc4)c3)c3ccccc23)nc1. The number of pyridine rings is 1. The highest BCUT2D eigenvalue weighted by Gasteiger charge is 2.23. The second-order valence-electron chi connectivity index (χ2n) is 11.4. The molecule has 0 saturated heterocycles. The van der Waals surface area contributed by atoms with Gasteiger partial charge in [0.25, 0.3) is 0 Å². The van der Waals surface area contributed by atoms with Crippen molar-refractivity contribution in [1.29, 1.82) is 0 Å². The molecule has 1 aromatic heterocycles. The smallest absolute Gasteiger partial charge is 0.141 e. The van der Waals surface area contributed by atoms with Crippen LogP contribution in [0.25, 0.3) is 54.9 Å². The van der Waals surface area contributed by atoms with Gasteiger partial charge in [0.05, 0.1) is 11.9 Å². The number of hydrogen-bond acceptors (Lipinski definition) is 2. The zero-order valence-corrected chi connectivity index (χ0v) is 25.0. The Bertz CT molecular complexity index is 2180. The van der Waals surface area contributed by atoms with Crippen molar-refractivity contribution >= 4 is 38.7 Å². The minimum absolute atomic E-state index is 0.366. The fourth-order valence-electron chi connectivity index (χ4n) is 6.48. The zero-order valence-electron chi connectivity index (χ0n) is 25.0. The molecule has 0 unspecified atom stereocenters. The molecule has 2 nitrogen and oxygen atoms in total. The van der Waals surface area contributed by atoms with Crippen molar-refractivity contribution in [2.24, 2.45) is 0 Å². The molecule has 0 aliphatic rings. The van der Waals surface area contributed by atoms with E-state index >= 15 is 0 Å². The molecule has 0 bridgehead atoms. The summed E-state index contributed by atoms with van der Waals surface area (Å²) in [5.74, 6) is 0.280. The highest BCUT2D eigenvalue weighted by Crippen LogP contribution is 2.48. The van der Waals surface area contributed by atoms with Gasteiger partial charge in [0.2, 0.25) is 0 Å². The first-order valence-electron chi connectivity index (χ1n) is 15.4. The third-order valence-corrected chi connectivity index (χ3v) is 8.52. The van der Waals surface area contributed by atoms with Crippen molar-refractivity contribution < 1.29 is 4.39 Å². The molecule has 46 heavy (non-hydrogen) atoms. The van der Waals surface area contributed by atoms with Crippen molar-refractivity contribution in [3.05, 3.63) is 182 Å². The Hall–Kier alpha value is -6.06. The van der Waals surface area contributed by atoms with E-state index < -0.39 is 0 Å². The van der Waals surface area contributed by atoms with Gasteiger partial charge in [-0.15, -0.1) is 0 Å². The van der Waals surface area contributed by atoms with Gasteiger partial charge in [-0.1, -0.05) is 127 Å². The topological polar surface area (TPSA) is 16.1 Å². The van der Waals surface area contributed by atoms with Gasteiger partial charge in [-0.2, -0.15) is 0 Å². The Balaban J connectivity index is 1.47. The number of fused-ring (bicyclic) bond motifs is 2. The van der Waals surface area contributed by atoms with Crippen LogP contribution < -0.4 is 4.90 Å². The lowest BCUT2D eigenvalue weighted by Crippen LogP contribution is -2.13. The van der Waals surface area contributed by atoms with E-state index in [1.54, 1.807) is 6.07 Å². The Kier molecular flexibility index (Phi) is 7.05. The predicted octanol–water partition coefficient (Wildman–Crippen LogP) is 12.0. The van der Waals surface area contributed by atoms with Gasteiger partial charge in [0.1, 0.15) is 11.6 Å². The average Bonchev–Trinajstić information content (AvgIpc) is 3.13. The van der Waals surface area contributed by atoms with Crippen LogP contribution in [0.5, 0.6) is 0 Å². The van der Waals surface area contributed by atoms with Crippen LogP contribution in [0.3, 0.4) is 0 Å². The number of para-hydroxylation sites is 1. The van der Waals surface area contributed by atoms with E-state index in [2.05, 4.69) is 149 Å². The molecule has 0 saturated carbocycles. The Morgan fingerprint density at radius 1 is 0.413 bits per heavy atom. The van der Waals surface area contributed by atoms with Crippen LogP contribution in [0, 0.1) is 5.82 Å². The fourth-order valence-corrected chi connectivity index (χ4v) is 6.48. The molecule has 0 aliphatic carbocycles. The van der Waals surface area contributed by atoms with Gasteiger partial charge < -0.3 is 0 Å². The second-order valence-corrected chi connectivity index (χ2v) is 11.4.